The number of hydrogen-bond acceptors (Lipinski definition) is 6. The average Bonchev–Trinajstić information content (AvgIpc) is 3.33. The normalized spacial score (nSPS) is 21.0. The number of ether oxygens (including phenoxy) is 1. The van der Waals surface area contributed by atoms with Crippen LogP contribution in [0.4, 0.5) is 26.3 Å². The first-order valence-electron chi connectivity index (χ1n) is 12.5. The van der Waals surface area contributed by atoms with Crippen molar-refractivity contribution in [3.63, 3.8) is 0 Å². The topological polar surface area (TPSA) is 134 Å². The van der Waals surface area contributed by atoms with Gasteiger partial charge in [-0.15, -0.1) is 13.2 Å². The Balaban J connectivity index is 1.87. The minimum absolute atomic E-state index is 0.208. The van der Waals surface area contributed by atoms with Crippen LogP contribution in [-0.2, 0) is 41.7 Å². The van der Waals surface area contributed by atoms with Crippen LogP contribution in [0.15, 0.2) is 24.3 Å². The lowest BCUT2D eigenvalue weighted by Crippen LogP contribution is -2.61. The maximum Gasteiger partial charge on any atom is 0.522 e. The van der Waals surface area contributed by atoms with Crippen LogP contribution in [-0.4, -0.2) is 84.5 Å². The molecule has 1 fully saturated rings. The fraction of sp³-hybridized carbons (Fsp3) is 0.560. The van der Waals surface area contributed by atoms with Crippen molar-refractivity contribution in [1.29, 1.82) is 0 Å². The van der Waals surface area contributed by atoms with Gasteiger partial charge >= 0.3 is 18.2 Å². The van der Waals surface area contributed by atoms with Crippen LogP contribution in [0.1, 0.15) is 30.9 Å². The molecule has 226 valence electrons. The van der Waals surface area contributed by atoms with Gasteiger partial charge in [0.15, 0.2) is 5.78 Å². The molecule has 3 N–H and O–H groups in total. The molecule has 0 radical (unpaired) electrons. The predicted molar refractivity (Wildman–Crippen MR) is 128 cm³/mol. The van der Waals surface area contributed by atoms with E-state index in [2.05, 4.69) is 15.4 Å². The lowest BCUT2D eigenvalue weighted by molar-refractivity contribution is -0.321. The predicted octanol–water partition coefficient (Wildman–Crippen LogP) is 1.17. The van der Waals surface area contributed by atoms with E-state index in [0.717, 1.165) is 4.90 Å². The second kappa shape index (κ2) is 12.9. The number of benzene rings is 1. The molecule has 2 heterocycles. The van der Waals surface area contributed by atoms with Crippen molar-refractivity contribution >= 4 is 29.4 Å². The molecule has 0 aliphatic carbocycles. The number of nitrogens with zero attached hydrogens (tertiary/aromatic N) is 1. The molecule has 4 atom stereocenters. The fourth-order valence-electron chi connectivity index (χ4n) is 4.51. The lowest BCUT2D eigenvalue weighted by atomic mass is 9.92. The van der Waals surface area contributed by atoms with Crippen LogP contribution in [0.2, 0.25) is 0 Å². The van der Waals surface area contributed by atoms with E-state index in [1.54, 1.807) is 29.6 Å². The fourth-order valence-corrected chi connectivity index (χ4v) is 4.51. The van der Waals surface area contributed by atoms with Crippen LogP contribution in [0, 0.1) is 5.92 Å². The number of Topliss-reactive ketones (excluding diaryl/α,β-unsaturated/α-hetero) is 1. The molecular formula is C25H28F6N4O6. The largest absolute Gasteiger partial charge is 0.522 e. The average molecular weight is 595 g/mol. The number of carbonyl (C=O) groups excluding carboxylic acids is 5. The van der Waals surface area contributed by atoms with Crippen molar-refractivity contribution in [3.05, 3.63) is 35.4 Å². The van der Waals surface area contributed by atoms with E-state index in [-0.39, 0.29) is 32.4 Å². The van der Waals surface area contributed by atoms with Gasteiger partial charge in [0.25, 0.3) is 6.43 Å². The van der Waals surface area contributed by atoms with Gasteiger partial charge in [-0.1, -0.05) is 24.3 Å². The summed E-state index contributed by atoms with van der Waals surface area (Å²) in [6.07, 6.45) is -8.84. The van der Waals surface area contributed by atoms with E-state index in [4.69, 9.17) is 0 Å². The van der Waals surface area contributed by atoms with Gasteiger partial charge in [0.2, 0.25) is 11.8 Å². The molecule has 41 heavy (non-hydrogen) atoms. The van der Waals surface area contributed by atoms with Crippen LogP contribution in [0.3, 0.4) is 0 Å². The molecule has 10 nitrogen and oxygen atoms in total. The second-order valence-electron chi connectivity index (χ2n) is 10.0. The van der Waals surface area contributed by atoms with E-state index in [0.29, 0.717) is 18.1 Å². The Hall–Kier alpha value is -3.69. The summed E-state index contributed by atoms with van der Waals surface area (Å²) in [5, 5.41) is 6.45. The number of rotatable bonds is 10. The van der Waals surface area contributed by atoms with Crippen molar-refractivity contribution in [2.24, 2.45) is 5.92 Å². The Morgan fingerprint density at radius 1 is 1.15 bits per heavy atom. The Morgan fingerprint density at radius 3 is 2.37 bits per heavy atom. The van der Waals surface area contributed by atoms with Gasteiger partial charge in [0.05, 0.1) is 6.04 Å². The molecule has 4 amide bonds. The van der Waals surface area contributed by atoms with Crippen molar-refractivity contribution in [2.75, 3.05) is 19.8 Å². The Kier molecular flexibility index (Phi) is 9.99. The summed E-state index contributed by atoms with van der Waals surface area (Å²) in [7, 11) is 0. The van der Waals surface area contributed by atoms with Crippen molar-refractivity contribution in [1.82, 2.24) is 20.9 Å². The number of hydrogen-bond donors (Lipinski definition) is 3. The van der Waals surface area contributed by atoms with Gasteiger partial charge in [-0.3, -0.25) is 28.7 Å². The number of alkyl halides is 6. The molecule has 0 bridgehead atoms. The van der Waals surface area contributed by atoms with Gasteiger partial charge in [-0.25, -0.2) is 13.2 Å². The molecule has 0 aromatic heterocycles. The standard InChI is InChI=1S/C25H28F6N4O6/c1-24(12-26,23(27)28)34-21(39)22(40)35-10-15-5-3-2-4-13(15)9-17(35)20(38)33-16(8-14-6-7-32-19(14)37)18(36)11-41-25(29,30)31/h2-5,14,16-17,23H,6-12H2,1H3,(H,32,37)(H,33,38)(H,34,39). The zero-order valence-electron chi connectivity index (χ0n) is 21.7. The molecular weight excluding hydrogens is 566 g/mol. The molecule has 1 saturated heterocycles. The minimum Gasteiger partial charge on any atom is -0.356 e. The zero-order chi connectivity index (χ0) is 30.5. The minimum atomic E-state index is -5.15. The van der Waals surface area contributed by atoms with E-state index >= 15 is 0 Å². The van der Waals surface area contributed by atoms with Crippen molar-refractivity contribution in [2.45, 2.75) is 63.1 Å². The maximum absolute atomic E-state index is 13.4. The van der Waals surface area contributed by atoms with Gasteiger partial charge < -0.3 is 20.9 Å². The summed E-state index contributed by atoms with van der Waals surface area (Å²) in [5.74, 6) is -6.58. The van der Waals surface area contributed by atoms with Crippen LogP contribution in [0.25, 0.3) is 0 Å². The number of amides is 4. The second-order valence-corrected chi connectivity index (χ2v) is 10.0. The molecule has 3 rings (SSSR count). The summed E-state index contributed by atoms with van der Waals surface area (Å²) in [4.78, 5) is 64.6. The Bertz CT molecular complexity index is 1180. The third-order valence-electron chi connectivity index (χ3n) is 6.93. The summed E-state index contributed by atoms with van der Waals surface area (Å²) in [5.41, 5.74) is -1.61. The molecule has 2 aliphatic rings. The first kappa shape index (κ1) is 31.8. The SMILES string of the molecule is CC(CF)(NC(=O)C(=O)N1Cc2ccccc2CC1C(=O)NC(CC1CCNC1=O)C(=O)COC(F)(F)F)C(F)F. The number of fused-ring (bicyclic) bond motifs is 1. The lowest BCUT2D eigenvalue weighted by Gasteiger charge is -2.37. The third kappa shape index (κ3) is 7.95. The highest BCUT2D eigenvalue weighted by Gasteiger charge is 2.43. The van der Waals surface area contributed by atoms with E-state index in [1.807, 2.05) is 0 Å². The molecule has 2 aliphatic heterocycles. The highest BCUT2D eigenvalue weighted by Crippen LogP contribution is 2.26. The Labute approximate surface area is 230 Å². The van der Waals surface area contributed by atoms with E-state index < -0.39 is 79.0 Å². The quantitative estimate of drug-likeness (QED) is 0.275. The number of ketones is 1. The molecule has 0 saturated carbocycles. The van der Waals surface area contributed by atoms with E-state index in [1.165, 1.54) is 0 Å². The Morgan fingerprint density at radius 2 is 1.80 bits per heavy atom. The number of halogens is 6. The maximum atomic E-state index is 13.4. The van der Waals surface area contributed by atoms with Crippen molar-refractivity contribution in [3.8, 4) is 0 Å². The summed E-state index contributed by atoms with van der Waals surface area (Å²) < 4.78 is 81.2. The summed E-state index contributed by atoms with van der Waals surface area (Å²) in [6, 6.07) is 3.31. The molecule has 0 spiro atoms. The highest BCUT2D eigenvalue weighted by molar-refractivity contribution is 6.35. The van der Waals surface area contributed by atoms with E-state index in [9.17, 15) is 50.3 Å². The van der Waals surface area contributed by atoms with Gasteiger partial charge in [-0.2, -0.15) is 0 Å². The first-order chi connectivity index (χ1) is 19.1. The highest BCUT2D eigenvalue weighted by atomic mass is 19.4. The zero-order valence-corrected chi connectivity index (χ0v) is 21.7. The molecule has 1 aromatic rings. The van der Waals surface area contributed by atoms with Crippen LogP contribution in [0.5, 0.6) is 0 Å². The smallest absolute Gasteiger partial charge is 0.356 e. The summed E-state index contributed by atoms with van der Waals surface area (Å²) >= 11 is 0. The van der Waals surface area contributed by atoms with Gasteiger partial charge in [0, 0.05) is 25.4 Å². The number of nitrogens with one attached hydrogen (secondary N) is 3. The van der Waals surface area contributed by atoms with Crippen LogP contribution >= 0.6 is 0 Å². The van der Waals surface area contributed by atoms with Gasteiger partial charge in [0.1, 0.15) is 24.9 Å². The molecule has 16 heteroatoms. The number of carbonyl (C=O) groups is 5. The summed E-state index contributed by atoms with van der Waals surface area (Å²) in [6.45, 7) is -2.56. The van der Waals surface area contributed by atoms with Crippen LogP contribution < -0.4 is 16.0 Å². The molecule has 1 aromatic carbocycles. The first-order valence-corrected chi connectivity index (χ1v) is 12.5. The van der Waals surface area contributed by atoms with Crippen molar-refractivity contribution < 1.29 is 55.1 Å². The molecule has 4 unspecified atom stereocenters. The monoisotopic (exact) mass is 594 g/mol. The van der Waals surface area contributed by atoms with Gasteiger partial charge in [-0.05, 0) is 30.9 Å². The third-order valence-corrected chi connectivity index (χ3v) is 6.93.